The fourth-order valence-electron chi connectivity index (χ4n) is 3.24. The number of likely N-dealkylation sites (tertiary alicyclic amines) is 1. The molecule has 2 unspecified atom stereocenters. The molecule has 1 aliphatic rings. The molecular formula is C15H27N3S. The molecule has 3 nitrogen and oxygen atoms in total. The molecule has 1 aromatic rings. The van der Waals surface area contributed by atoms with Crippen molar-refractivity contribution in [2.45, 2.75) is 39.3 Å². The molecule has 19 heavy (non-hydrogen) atoms. The molecule has 1 saturated heterocycles. The van der Waals surface area contributed by atoms with E-state index in [0.29, 0.717) is 12.1 Å². The molecule has 2 rings (SSSR count). The molecule has 0 bridgehead atoms. The normalized spacial score (nSPS) is 22.3. The second-order valence-corrected chi connectivity index (χ2v) is 6.33. The van der Waals surface area contributed by atoms with E-state index in [9.17, 15) is 0 Å². The van der Waals surface area contributed by atoms with Crippen LogP contribution in [0.2, 0.25) is 0 Å². The van der Waals surface area contributed by atoms with Crippen LogP contribution in [0, 0.1) is 6.92 Å². The SMILES string of the molecule is CCN(CC)C1CCN(C(CN)c2sccc2C)C1. The Bertz CT molecular complexity index is 386. The van der Waals surface area contributed by atoms with Crippen molar-refractivity contribution >= 4 is 11.3 Å². The van der Waals surface area contributed by atoms with Crippen LogP contribution in [-0.2, 0) is 0 Å². The Morgan fingerprint density at radius 3 is 2.74 bits per heavy atom. The molecule has 2 heterocycles. The molecule has 0 saturated carbocycles. The van der Waals surface area contributed by atoms with E-state index in [2.05, 4.69) is 42.0 Å². The molecule has 2 N–H and O–H groups in total. The molecular weight excluding hydrogens is 254 g/mol. The Kier molecular flexibility index (Phi) is 5.39. The van der Waals surface area contributed by atoms with Gasteiger partial charge in [-0.1, -0.05) is 13.8 Å². The maximum absolute atomic E-state index is 6.05. The second-order valence-electron chi connectivity index (χ2n) is 5.38. The fourth-order valence-corrected chi connectivity index (χ4v) is 4.31. The smallest absolute Gasteiger partial charge is 0.0567 e. The number of rotatable bonds is 6. The van der Waals surface area contributed by atoms with Gasteiger partial charge in [0.05, 0.1) is 6.04 Å². The average molecular weight is 281 g/mol. The van der Waals surface area contributed by atoms with Gasteiger partial charge in [-0.3, -0.25) is 9.80 Å². The Morgan fingerprint density at radius 2 is 2.21 bits per heavy atom. The molecule has 2 atom stereocenters. The number of hydrogen-bond acceptors (Lipinski definition) is 4. The summed E-state index contributed by atoms with van der Waals surface area (Å²) in [6.45, 7) is 12.1. The molecule has 4 heteroatoms. The van der Waals surface area contributed by atoms with Crippen LogP contribution < -0.4 is 5.73 Å². The van der Waals surface area contributed by atoms with E-state index in [1.54, 1.807) is 0 Å². The van der Waals surface area contributed by atoms with Gasteiger partial charge in [-0.15, -0.1) is 11.3 Å². The van der Waals surface area contributed by atoms with Crippen LogP contribution in [0.25, 0.3) is 0 Å². The van der Waals surface area contributed by atoms with E-state index in [4.69, 9.17) is 5.73 Å². The first-order chi connectivity index (χ1) is 9.21. The molecule has 0 spiro atoms. The number of aryl methyl sites for hydroxylation is 1. The van der Waals surface area contributed by atoms with Crippen molar-refractivity contribution in [2.75, 3.05) is 32.7 Å². The summed E-state index contributed by atoms with van der Waals surface area (Å²) in [5, 5.41) is 2.19. The van der Waals surface area contributed by atoms with Crippen molar-refractivity contribution in [3.63, 3.8) is 0 Å². The van der Waals surface area contributed by atoms with E-state index in [0.717, 1.165) is 19.6 Å². The summed E-state index contributed by atoms with van der Waals surface area (Å²) in [7, 11) is 0. The summed E-state index contributed by atoms with van der Waals surface area (Å²) in [6, 6.07) is 3.34. The Balaban J connectivity index is 2.04. The molecule has 0 aliphatic carbocycles. The summed E-state index contributed by atoms with van der Waals surface area (Å²) in [5.74, 6) is 0. The zero-order valence-corrected chi connectivity index (χ0v) is 13.2. The molecule has 0 radical (unpaired) electrons. The second kappa shape index (κ2) is 6.84. The summed E-state index contributed by atoms with van der Waals surface area (Å²) in [5.41, 5.74) is 7.45. The van der Waals surface area contributed by atoms with Gasteiger partial charge in [0.2, 0.25) is 0 Å². The fraction of sp³-hybridized carbons (Fsp3) is 0.733. The largest absolute Gasteiger partial charge is 0.329 e. The van der Waals surface area contributed by atoms with Crippen LogP contribution in [0.5, 0.6) is 0 Å². The van der Waals surface area contributed by atoms with E-state index in [-0.39, 0.29) is 0 Å². The first-order valence-electron chi connectivity index (χ1n) is 7.43. The first kappa shape index (κ1) is 15.0. The maximum atomic E-state index is 6.05. The zero-order chi connectivity index (χ0) is 13.8. The highest BCUT2D eigenvalue weighted by molar-refractivity contribution is 7.10. The summed E-state index contributed by atoms with van der Waals surface area (Å²) < 4.78 is 0. The predicted octanol–water partition coefficient (Wildman–Crippen LogP) is 2.47. The third-order valence-corrected chi connectivity index (χ3v) is 5.51. The lowest BCUT2D eigenvalue weighted by molar-refractivity contribution is 0.191. The lowest BCUT2D eigenvalue weighted by Crippen LogP contribution is -2.39. The lowest BCUT2D eigenvalue weighted by Gasteiger charge is -2.29. The lowest BCUT2D eigenvalue weighted by atomic mass is 10.1. The number of nitrogens with two attached hydrogens (primary N) is 1. The highest BCUT2D eigenvalue weighted by Crippen LogP contribution is 2.31. The molecule has 108 valence electrons. The van der Waals surface area contributed by atoms with Gasteiger partial charge in [-0.25, -0.2) is 0 Å². The van der Waals surface area contributed by atoms with Crippen molar-refractivity contribution in [2.24, 2.45) is 5.73 Å². The van der Waals surface area contributed by atoms with Crippen molar-refractivity contribution in [3.05, 3.63) is 21.9 Å². The monoisotopic (exact) mass is 281 g/mol. The molecule has 0 aromatic carbocycles. The number of thiophene rings is 1. The molecule has 1 aromatic heterocycles. The Hall–Kier alpha value is -0.420. The Morgan fingerprint density at radius 1 is 1.47 bits per heavy atom. The quantitative estimate of drug-likeness (QED) is 0.869. The van der Waals surface area contributed by atoms with Gasteiger partial charge in [0.25, 0.3) is 0 Å². The summed E-state index contributed by atoms with van der Waals surface area (Å²) in [4.78, 5) is 6.62. The van der Waals surface area contributed by atoms with E-state index < -0.39 is 0 Å². The van der Waals surface area contributed by atoms with Crippen molar-refractivity contribution in [3.8, 4) is 0 Å². The van der Waals surface area contributed by atoms with Crippen LogP contribution in [0.4, 0.5) is 0 Å². The van der Waals surface area contributed by atoms with Gasteiger partial charge in [-0.05, 0) is 43.4 Å². The van der Waals surface area contributed by atoms with Crippen LogP contribution >= 0.6 is 11.3 Å². The molecule has 1 aliphatic heterocycles. The third-order valence-electron chi connectivity index (χ3n) is 4.39. The maximum Gasteiger partial charge on any atom is 0.0567 e. The van der Waals surface area contributed by atoms with Gasteiger partial charge in [0.1, 0.15) is 0 Å². The van der Waals surface area contributed by atoms with Crippen molar-refractivity contribution < 1.29 is 0 Å². The molecule has 1 fully saturated rings. The Labute approximate surface area is 121 Å². The minimum absolute atomic E-state index is 0.417. The van der Waals surface area contributed by atoms with Crippen LogP contribution in [0.1, 0.15) is 36.8 Å². The third kappa shape index (κ3) is 3.19. The van der Waals surface area contributed by atoms with Crippen molar-refractivity contribution in [1.82, 2.24) is 9.80 Å². The van der Waals surface area contributed by atoms with E-state index in [1.807, 2.05) is 11.3 Å². The number of nitrogens with zero attached hydrogens (tertiary/aromatic N) is 2. The predicted molar refractivity (Wildman–Crippen MR) is 83.8 cm³/mol. The van der Waals surface area contributed by atoms with Gasteiger partial charge in [-0.2, -0.15) is 0 Å². The average Bonchev–Trinajstić information content (AvgIpc) is 3.03. The minimum Gasteiger partial charge on any atom is -0.329 e. The van der Waals surface area contributed by atoms with E-state index in [1.165, 1.54) is 30.0 Å². The number of hydrogen-bond donors (Lipinski definition) is 1. The molecule has 0 amide bonds. The highest BCUT2D eigenvalue weighted by atomic mass is 32.1. The summed E-state index contributed by atoms with van der Waals surface area (Å²) in [6.07, 6.45) is 1.28. The van der Waals surface area contributed by atoms with Gasteiger partial charge in [0.15, 0.2) is 0 Å². The van der Waals surface area contributed by atoms with Crippen LogP contribution in [0.3, 0.4) is 0 Å². The van der Waals surface area contributed by atoms with Crippen LogP contribution in [-0.4, -0.2) is 48.6 Å². The topological polar surface area (TPSA) is 32.5 Å². The van der Waals surface area contributed by atoms with Crippen molar-refractivity contribution in [1.29, 1.82) is 0 Å². The summed E-state index contributed by atoms with van der Waals surface area (Å²) >= 11 is 1.85. The van der Waals surface area contributed by atoms with Crippen LogP contribution in [0.15, 0.2) is 11.4 Å². The highest BCUT2D eigenvalue weighted by Gasteiger charge is 2.31. The standard InChI is InChI=1S/C15H27N3S/c1-4-17(5-2)13-6-8-18(11-13)14(10-16)15-12(3)7-9-19-15/h7,9,13-14H,4-6,8,10-11,16H2,1-3H3. The van der Waals surface area contributed by atoms with Gasteiger partial charge >= 0.3 is 0 Å². The van der Waals surface area contributed by atoms with E-state index >= 15 is 0 Å². The number of likely N-dealkylation sites (N-methyl/N-ethyl adjacent to an activating group) is 1. The zero-order valence-electron chi connectivity index (χ0n) is 12.4. The van der Waals surface area contributed by atoms with Gasteiger partial charge in [0, 0.05) is 30.6 Å². The first-order valence-corrected chi connectivity index (χ1v) is 8.31. The minimum atomic E-state index is 0.417. The van der Waals surface area contributed by atoms with Gasteiger partial charge < -0.3 is 5.73 Å².